The molecular weight excluding hydrogens is 490 g/mol. The molecule has 1 aliphatic heterocycles. The first kappa shape index (κ1) is 24.1. The predicted molar refractivity (Wildman–Crippen MR) is 133 cm³/mol. The molecule has 6 fully saturated rings. The summed E-state index contributed by atoms with van der Waals surface area (Å²) in [5.41, 5.74) is 0.960. The third-order valence-electron chi connectivity index (χ3n) is 9.39. The summed E-state index contributed by atoms with van der Waals surface area (Å²) in [6.45, 7) is 0. The summed E-state index contributed by atoms with van der Waals surface area (Å²) in [4.78, 5) is 35.0. The number of nitro benzene ring substituents is 1. The number of carbonyl (C=O) groups excluding carboxylic acids is 1. The molecule has 200 valence electrons. The molecule has 5 aliphatic carbocycles. The Bertz CT molecular complexity index is 1220. The van der Waals surface area contributed by atoms with E-state index in [1.165, 1.54) is 56.4 Å². The van der Waals surface area contributed by atoms with E-state index >= 15 is 0 Å². The highest BCUT2D eigenvalue weighted by molar-refractivity contribution is 5.67. The van der Waals surface area contributed by atoms with E-state index in [4.69, 9.17) is 24.0 Å². The van der Waals surface area contributed by atoms with Crippen molar-refractivity contribution in [2.75, 3.05) is 0 Å². The molecule has 0 radical (unpaired) electrons. The SMILES string of the molecule is O=C(Oc1ccc([N+](=O)[O-])cc1)Oc1cccc(C2CCCC3(C2)OOC2(O3)C3CC4CC(C3)CC2C4)c1. The zero-order valence-electron chi connectivity index (χ0n) is 21.1. The fraction of sp³-hybridized carbons (Fsp3) is 0.552. The second-order valence-corrected chi connectivity index (χ2v) is 11.8. The fourth-order valence-electron chi connectivity index (χ4n) is 7.94. The smallest absolute Gasteiger partial charge is 0.395 e. The van der Waals surface area contributed by atoms with E-state index in [2.05, 4.69) is 0 Å². The summed E-state index contributed by atoms with van der Waals surface area (Å²) in [5.74, 6) is 1.90. The van der Waals surface area contributed by atoms with Crippen LogP contribution in [0.5, 0.6) is 11.5 Å². The van der Waals surface area contributed by atoms with Gasteiger partial charge in [-0.25, -0.2) is 4.79 Å². The summed E-state index contributed by atoms with van der Waals surface area (Å²) in [5, 5.41) is 10.8. The Morgan fingerprint density at radius 3 is 2.34 bits per heavy atom. The summed E-state index contributed by atoms with van der Waals surface area (Å²) in [7, 11) is 0. The Hall–Kier alpha value is -3.01. The van der Waals surface area contributed by atoms with Gasteiger partial charge in [-0.15, -0.1) is 0 Å². The first-order chi connectivity index (χ1) is 18.4. The average molecular weight is 522 g/mol. The van der Waals surface area contributed by atoms with Crippen molar-refractivity contribution in [2.24, 2.45) is 23.7 Å². The first-order valence-corrected chi connectivity index (χ1v) is 13.7. The molecule has 5 saturated carbocycles. The van der Waals surface area contributed by atoms with Gasteiger partial charge in [0.25, 0.3) is 5.69 Å². The highest BCUT2D eigenvalue weighted by atomic mass is 17.3. The molecule has 38 heavy (non-hydrogen) atoms. The highest BCUT2D eigenvalue weighted by Crippen LogP contribution is 2.64. The van der Waals surface area contributed by atoms with Crippen LogP contribution >= 0.6 is 0 Å². The number of nitrogens with zero attached hydrogens (tertiary/aromatic N) is 1. The van der Waals surface area contributed by atoms with Crippen LogP contribution in [0, 0.1) is 33.8 Å². The largest absolute Gasteiger partial charge is 0.519 e. The number of hydrogen-bond acceptors (Lipinski definition) is 8. The number of carbonyl (C=O) groups is 1. The molecule has 2 atom stereocenters. The molecule has 0 N–H and O–H groups in total. The van der Waals surface area contributed by atoms with Crippen molar-refractivity contribution >= 4 is 11.8 Å². The summed E-state index contributed by atoms with van der Waals surface area (Å²) < 4.78 is 17.5. The molecule has 0 amide bonds. The number of rotatable bonds is 4. The maximum Gasteiger partial charge on any atom is 0.519 e. The van der Waals surface area contributed by atoms with Crippen molar-refractivity contribution in [3.05, 3.63) is 64.2 Å². The minimum atomic E-state index is -0.907. The van der Waals surface area contributed by atoms with Crippen molar-refractivity contribution in [1.29, 1.82) is 0 Å². The monoisotopic (exact) mass is 521 g/mol. The van der Waals surface area contributed by atoms with Gasteiger partial charge in [-0.05, 0) is 92.5 Å². The van der Waals surface area contributed by atoms with Crippen LogP contribution in [-0.4, -0.2) is 22.7 Å². The third kappa shape index (κ3) is 4.17. The highest BCUT2D eigenvalue weighted by Gasteiger charge is 2.67. The summed E-state index contributed by atoms with van der Waals surface area (Å²) >= 11 is 0. The van der Waals surface area contributed by atoms with Gasteiger partial charge in [0.2, 0.25) is 11.6 Å². The van der Waals surface area contributed by atoms with Gasteiger partial charge in [-0.3, -0.25) is 10.1 Å². The zero-order chi connectivity index (χ0) is 25.9. The lowest BCUT2D eigenvalue weighted by atomic mass is 9.53. The van der Waals surface area contributed by atoms with Gasteiger partial charge in [0, 0.05) is 36.8 Å². The molecule has 0 aromatic heterocycles. The van der Waals surface area contributed by atoms with E-state index in [-0.39, 0.29) is 17.4 Å². The molecular formula is C29H31NO8. The Labute approximate surface area is 220 Å². The number of hydrogen-bond donors (Lipinski definition) is 0. The fourth-order valence-corrected chi connectivity index (χ4v) is 7.94. The van der Waals surface area contributed by atoms with Gasteiger partial charge in [0.05, 0.1) is 4.92 Å². The quantitative estimate of drug-likeness (QED) is 0.145. The number of nitro groups is 1. The van der Waals surface area contributed by atoms with Crippen molar-refractivity contribution < 1.29 is 33.7 Å². The number of ether oxygens (including phenoxy) is 3. The van der Waals surface area contributed by atoms with Crippen LogP contribution in [0.3, 0.4) is 0 Å². The molecule has 6 aliphatic rings. The van der Waals surface area contributed by atoms with Gasteiger partial charge >= 0.3 is 6.16 Å². The molecule has 4 bridgehead atoms. The average Bonchev–Trinajstić information content (AvgIpc) is 3.26. The molecule has 2 unspecified atom stereocenters. The summed E-state index contributed by atoms with van der Waals surface area (Å²) in [6.07, 6.45) is 8.65. The molecule has 9 heteroatoms. The van der Waals surface area contributed by atoms with Crippen molar-refractivity contribution in [2.45, 2.75) is 75.3 Å². The minimum Gasteiger partial charge on any atom is -0.395 e. The van der Waals surface area contributed by atoms with Gasteiger partial charge in [0.15, 0.2) is 0 Å². The Balaban J connectivity index is 1.02. The van der Waals surface area contributed by atoms with Crippen LogP contribution in [0.15, 0.2) is 48.5 Å². The normalized spacial score (nSPS) is 37.0. The van der Waals surface area contributed by atoms with Crippen molar-refractivity contribution in [3.63, 3.8) is 0 Å². The number of benzene rings is 2. The lowest BCUT2D eigenvalue weighted by Gasteiger charge is -2.57. The molecule has 8 rings (SSSR count). The van der Waals surface area contributed by atoms with Crippen LogP contribution in [-0.2, 0) is 14.5 Å². The maximum atomic E-state index is 12.4. The standard InChI is InChI=1S/C29H31NO8/c31-27(34-25-8-6-24(7-9-25)30(32)33)35-26-5-1-3-20(16-26)21-4-2-10-28(17-21)36-29(38-37-28)22-12-18-11-19(14-22)15-23(29)13-18/h1,3,5-9,16,18-19,21-23H,2,4,10-15,17H2. The van der Waals surface area contributed by atoms with E-state index in [9.17, 15) is 14.9 Å². The Morgan fingerprint density at radius 2 is 1.63 bits per heavy atom. The molecule has 9 nitrogen and oxygen atoms in total. The molecule has 2 spiro atoms. The van der Waals surface area contributed by atoms with E-state index in [0.717, 1.165) is 36.7 Å². The van der Waals surface area contributed by atoms with Gasteiger partial charge in [0.1, 0.15) is 11.5 Å². The van der Waals surface area contributed by atoms with Gasteiger partial charge < -0.3 is 14.2 Å². The van der Waals surface area contributed by atoms with E-state index in [1.807, 2.05) is 18.2 Å². The van der Waals surface area contributed by atoms with E-state index in [0.29, 0.717) is 24.0 Å². The first-order valence-electron chi connectivity index (χ1n) is 13.7. The maximum absolute atomic E-state index is 12.4. The minimum absolute atomic E-state index is 0.0847. The van der Waals surface area contributed by atoms with E-state index in [1.54, 1.807) is 6.07 Å². The van der Waals surface area contributed by atoms with Crippen molar-refractivity contribution in [3.8, 4) is 11.5 Å². The lowest BCUT2D eigenvalue weighted by Crippen LogP contribution is -2.59. The lowest BCUT2D eigenvalue weighted by molar-refractivity contribution is -0.390. The molecule has 1 heterocycles. The number of non-ortho nitro benzene ring substituents is 1. The van der Waals surface area contributed by atoms with Crippen LogP contribution in [0.2, 0.25) is 0 Å². The molecule has 2 aromatic rings. The second kappa shape index (κ2) is 9.03. The van der Waals surface area contributed by atoms with Gasteiger partial charge in [-0.2, -0.15) is 9.78 Å². The van der Waals surface area contributed by atoms with Crippen LogP contribution in [0.4, 0.5) is 10.5 Å². The van der Waals surface area contributed by atoms with Crippen LogP contribution < -0.4 is 9.47 Å². The van der Waals surface area contributed by atoms with Crippen LogP contribution in [0.1, 0.15) is 69.3 Å². The Kier molecular flexibility index (Phi) is 5.72. The van der Waals surface area contributed by atoms with Crippen molar-refractivity contribution in [1.82, 2.24) is 0 Å². The van der Waals surface area contributed by atoms with E-state index < -0.39 is 22.7 Å². The third-order valence-corrected chi connectivity index (χ3v) is 9.39. The topological polar surface area (TPSA) is 106 Å². The van der Waals surface area contributed by atoms with Gasteiger partial charge in [-0.1, -0.05) is 12.1 Å². The molecule has 2 aromatic carbocycles. The second-order valence-electron chi connectivity index (χ2n) is 11.8. The molecule has 1 saturated heterocycles. The predicted octanol–water partition coefficient (Wildman–Crippen LogP) is 6.66. The van der Waals surface area contributed by atoms with Crippen LogP contribution in [0.25, 0.3) is 0 Å². The zero-order valence-corrected chi connectivity index (χ0v) is 21.1. The summed E-state index contributed by atoms with van der Waals surface area (Å²) in [6, 6.07) is 12.7. The Morgan fingerprint density at radius 1 is 0.921 bits per heavy atom.